The highest BCUT2D eigenvalue weighted by Crippen LogP contribution is 2.19. The van der Waals surface area contributed by atoms with Crippen LogP contribution in [0.25, 0.3) is 0 Å². The summed E-state index contributed by atoms with van der Waals surface area (Å²) in [6.07, 6.45) is 1.25. The first-order chi connectivity index (χ1) is 8.16. The number of thiophene rings is 1. The van der Waals surface area contributed by atoms with Gasteiger partial charge in [0.2, 0.25) is 0 Å². The molecule has 2 atom stereocenters. The van der Waals surface area contributed by atoms with E-state index in [0.717, 1.165) is 13.1 Å². The molecule has 0 saturated carbocycles. The second kappa shape index (κ2) is 5.96. The highest BCUT2D eigenvalue weighted by Gasteiger charge is 2.21. The summed E-state index contributed by atoms with van der Waals surface area (Å²) >= 11 is 1.76. The Morgan fingerprint density at radius 3 is 3.06 bits per heavy atom. The van der Waals surface area contributed by atoms with Gasteiger partial charge in [-0.15, -0.1) is 11.3 Å². The molecular formula is C13H23N3S. The number of hydrogen-bond acceptors (Lipinski definition) is 4. The first-order valence-electron chi connectivity index (χ1n) is 6.38. The average molecular weight is 253 g/mol. The maximum Gasteiger partial charge on any atom is 0.0519 e. The zero-order valence-electron chi connectivity index (χ0n) is 10.8. The molecule has 1 aromatic heterocycles. The molecule has 1 aromatic rings. The van der Waals surface area contributed by atoms with Gasteiger partial charge < -0.3 is 10.6 Å². The van der Waals surface area contributed by atoms with Crippen LogP contribution in [0.4, 0.5) is 0 Å². The second-order valence-corrected chi connectivity index (χ2v) is 6.06. The summed E-state index contributed by atoms with van der Waals surface area (Å²) in [5.41, 5.74) is 6.27. The van der Waals surface area contributed by atoms with Crippen molar-refractivity contribution in [1.29, 1.82) is 0 Å². The molecule has 2 unspecified atom stereocenters. The SMILES string of the molecule is CC1CN(C)CCCN1CC(N)c1cccs1. The van der Waals surface area contributed by atoms with Gasteiger partial charge in [-0.3, -0.25) is 4.90 Å². The van der Waals surface area contributed by atoms with Gasteiger partial charge in [0.25, 0.3) is 0 Å². The minimum Gasteiger partial charge on any atom is -0.322 e. The Balaban J connectivity index is 1.93. The smallest absolute Gasteiger partial charge is 0.0519 e. The fraction of sp³-hybridized carbons (Fsp3) is 0.692. The zero-order chi connectivity index (χ0) is 12.3. The lowest BCUT2D eigenvalue weighted by atomic mass is 10.2. The van der Waals surface area contributed by atoms with Crippen LogP contribution in [-0.4, -0.2) is 49.1 Å². The van der Waals surface area contributed by atoms with E-state index in [-0.39, 0.29) is 6.04 Å². The molecule has 1 fully saturated rings. The average Bonchev–Trinajstić information content (AvgIpc) is 2.75. The van der Waals surface area contributed by atoms with Crippen molar-refractivity contribution in [3.05, 3.63) is 22.4 Å². The molecule has 0 aromatic carbocycles. The van der Waals surface area contributed by atoms with Gasteiger partial charge in [0.05, 0.1) is 6.04 Å². The fourth-order valence-electron chi connectivity index (χ4n) is 2.54. The summed E-state index contributed by atoms with van der Waals surface area (Å²) in [4.78, 5) is 6.25. The quantitative estimate of drug-likeness (QED) is 0.891. The van der Waals surface area contributed by atoms with Crippen molar-refractivity contribution in [3.63, 3.8) is 0 Å². The lowest BCUT2D eigenvalue weighted by molar-refractivity contribution is 0.192. The number of rotatable bonds is 3. The summed E-state index contributed by atoms with van der Waals surface area (Å²) in [5.74, 6) is 0. The minimum atomic E-state index is 0.167. The van der Waals surface area contributed by atoms with Crippen molar-refractivity contribution in [3.8, 4) is 0 Å². The third-order valence-corrected chi connectivity index (χ3v) is 4.53. The molecule has 1 saturated heterocycles. The van der Waals surface area contributed by atoms with E-state index in [1.807, 2.05) is 0 Å². The molecular weight excluding hydrogens is 230 g/mol. The largest absolute Gasteiger partial charge is 0.322 e. The van der Waals surface area contributed by atoms with Gasteiger partial charge in [0.15, 0.2) is 0 Å². The molecule has 2 heterocycles. The van der Waals surface area contributed by atoms with Crippen molar-refractivity contribution in [2.75, 3.05) is 33.2 Å². The second-order valence-electron chi connectivity index (χ2n) is 5.08. The van der Waals surface area contributed by atoms with E-state index >= 15 is 0 Å². The molecule has 0 amide bonds. The Morgan fingerprint density at radius 2 is 2.35 bits per heavy atom. The number of likely N-dealkylation sites (N-methyl/N-ethyl adjacent to an activating group) is 1. The van der Waals surface area contributed by atoms with Crippen molar-refractivity contribution in [2.24, 2.45) is 5.73 Å². The monoisotopic (exact) mass is 253 g/mol. The summed E-state index contributed by atoms with van der Waals surface area (Å²) in [5, 5.41) is 2.11. The standard InChI is InChI=1S/C13H23N3S/c1-11-9-15(2)6-4-7-16(11)10-12(14)13-5-3-8-17-13/h3,5,8,11-12H,4,6-7,9-10,14H2,1-2H3. The van der Waals surface area contributed by atoms with E-state index in [1.54, 1.807) is 11.3 Å². The van der Waals surface area contributed by atoms with Gasteiger partial charge in [-0.05, 0) is 44.9 Å². The highest BCUT2D eigenvalue weighted by atomic mass is 32.1. The van der Waals surface area contributed by atoms with E-state index in [2.05, 4.69) is 41.3 Å². The Morgan fingerprint density at radius 1 is 1.53 bits per heavy atom. The first kappa shape index (κ1) is 13.0. The lowest BCUT2D eigenvalue weighted by Gasteiger charge is -2.29. The zero-order valence-corrected chi connectivity index (χ0v) is 11.6. The number of nitrogens with zero attached hydrogens (tertiary/aromatic N) is 2. The summed E-state index contributed by atoms with van der Waals surface area (Å²) in [6, 6.07) is 5.00. The topological polar surface area (TPSA) is 32.5 Å². The van der Waals surface area contributed by atoms with E-state index in [0.29, 0.717) is 6.04 Å². The normalized spacial score (nSPS) is 25.7. The van der Waals surface area contributed by atoms with E-state index in [1.165, 1.54) is 24.4 Å². The summed E-state index contributed by atoms with van der Waals surface area (Å²) < 4.78 is 0. The Kier molecular flexibility index (Phi) is 4.56. The van der Waals surface area contributed by atoms with Gasteiger partial charge in [-0.2, -0.15) is 0 Å². The molecule has 0 bridgehead atoms. The maximum absolute atomic E-state index is 6.27. The summed E-state index contributed by atoms with van der Waals surface area (Å²) in [7, 11) is 2.21. The minimum absolute atomic E-state index is 0.167. The van der Waals surface area contributed by atoms with Gasteiger partial charge in [0.1, 0.15) is 0 Å². The predicted molar refractivity (Wildman–Crippen MR) is 74.4 cm³/mol. The Labute approximate surface area is 108 Å². The molecule has 0 spiro atoms. The van der Waals surface area contributed by atoms with Gasteiger partial charge in [-0.25, -0.2) is 0 Å². The van der Waals surface area contributed by atoms with Crippen LogP contribution >= 0.6 is 11.3 Å². The predicted octanol–water partition coefficient (Wildman–Crippen LogP) is 1.77. The molecule has 96 valence electrons. The van der Waals surface area contributed by atoms with Crippen LogP contribution < -0.4 is 5.73 Å². The van der Waals surface area contributed by atoms with Crippen LogP contribution in [0, 0.1) is 0 Å². The molecule has 1 aliphatic rings. The van der Waals surface area contributed by atoms with Crippen molar-refractivity contribution >= 4 is 11.3 Å². The molecule has 4 heteroatoms. The summed E-state index contributed by atoms with van der Waals surface area (Å²) in [6.45, 7) is 6.81. The van der Waals surface area contributed by atoms with Crippen LogP contribution in [0.3, 0.4) is 0 Å². The molecule has 0 aliphatic carbocycles. The molecule has 0 radical (unpaired) electrons. The lowest BCUT2D eigenvalue weighted by Crippen LogP contribution is -2.41. The number of hydrogen-bond donors (Lipinski definition) is 1. The van der Waals surface area contributed by atoms with E-state index in [4.69, 9.17) is 5.73 Å². The van der Waals surface area contributed by atoms with Gasteiger partial charge in [-0.1, -0.05) is 6.07 Å². The first-order valence-corrected chi connectivity index (χ1v) is 7.26. The van der Waals surface area contributed by atoms with Crippen molar-refractivity contribution < 1.29 is 0 Å². The van der Waals surface area contributed by atoms with E-state index in [9.17, 15) is 0 Å². The van der Waals surface area contributed by atoms with Crippen molar-refractivity contribution in [2.45, 2.75) is 25.4 Å². The van der Waals surface area contributed by atoms with Crippen LogP contribution in [0.15, 0.2) is 17.5 Å². The fourth-order valence-corrected chi connectivity index (χ4v) is 3.26. The molecule has 2 N–H and O–H groups in total. The van der Waals surface area contributed by atoms with Crippen LogP contribution in [0.2, 0.25) is 0 Å². The van der Waals surface area contributed by atoms with Crippen LogP contribution in [0.1, 0.15) is 24.3 Å². The Bertz CT molecular complexity index is 325. The van der Waals surface area contributed by atoms with Crippen molar-refractivity contribution in [1.82, 2.24) is 9.80 Å². The third-order valence-electron chi connectivity index (χ3n) is 3.52. The molecule has 1 aliphatic heterocycles. The van der Waals surface area contributed by atoms with Crippen LogP contribution in [-0.2, 0) is 0 Å². The molecule has 2 rings (SSSR count). The maximum atomic E-state index is 6.27. The third kappa shape index (κ3) is 3.52. The Hall–Kier alpha value is -0.420. The molecule has 17 heavy (non-hydrogen) atoms. The van der Waals surface area contributed by atoms with Gasteiger partial charge in [0, 0.05) is 24.0 Å². The number of nitrogens with two attached hydrogens (primary N) is 1. The van der Waals surface area contributed by atoms with Crippen LogP contribution in [0.5, 0.6) is 0 Å². The highest BCUT2D eigenvalue weighted by molar-refractivity contribution is 7.10. The van der Waals surface area contributed by atoms with E-state index < -0.39 is 0 Å². The molecule has 3 nitrogen and oxygen atoms in total. The van der Waals surface area contributed by atoms with Gasteiger partial charge >= 0.3 is 0 Å².